The minimum absolute atomic E-state index is 0.00381. The zero-order valence-electron chi connectivity index (χ0n) is 11.0. The van der Waals surface area contributed by atoms with E-state index in [0.29, 0.717) is 13.0 Å². The molecule has 5 nitrogen and oxygen atoms in total. The second-order valence-corrected chi connectivity index (χ2v) is 5.25. The van der Waals surface area contributed by atoms with E-state index in [9.17, 15) is 4.79 Å². The molecule has 1 rings (SSSR count). The minimum atomic E-state index is -0.00381. The van der Waals surface area contributed by atoms with Crippen LogP contribution in [-0.4, -0.2) is 28.2 Å². The number of carbonyl (C=O) groups excluding carboxylic acids is 1. The van der Waals surface area contributed by atoms with Gasteiger partial charge in [0.1, 0.15) is 0 Å². The van der Waals surface area contributed by atoms with Gasteiger partial charge in [0.15, 0.2) is 0 Å². The van der Waals surface area contributed by atoms with Crippen LogP contribution in [0.2, 0.25) is 0 Å². The van der Waals surface area contributed by atoms with Gasteiger partial charge in [-0.15, -0.1) is 0 Å². The first-order chi connectivity index (χ1) is 7.88. The standard InChI is InChI=1S/C12H22N4O/c1-9(10-7-14-15-8-10)16-11(17)5-6-13-12(2,3)4/h7-9,13H,5-6H2,1-4H3,(H,14,15)(H,16,17). The third-order valence-corrected chi connectivity index (χ3v) is 2.40. The summed E-state index contributed by atoms with van der Waals surface area (Å²) in [5.41, 5.74) is 1.04. The summed E-state index contributed by atoms with van der Waals surface area (Å²) in [5.74, 6) is 0.0513. The van der Waals surface area contributed by atoms with Crippen LogP contribution < -0.4 is 10.6 Å². The summed E-state index contributed by atoms with van der Waals surface area (Å²) in [6.07, 6.45) is 4.00. The SMILES string of the molecule is CC(NC(=O)CCNC(C)(C)C)c1cn[nH]c1. The number of aromatic amines is 1. The average molecular weight is 238 g/mol. The van der Waals surface area contributed by atoms with E-state index in [1.54, 1.807) is 12.4 Å². The van der Waals surface area contributed by atoms with Gasteiger partial charge < -0.3 is 10.6 Å². The topological polar surface area (TPSA) is 69.8 Å². The molecule has 96 valence electrons. The normalized spacial score (nSPS) is 13.4. The number of aromatic nitrogens is 2. The number of rotatable bonds is 5. The van der Waals surface area contributed by atoms with Crippen molar-refractivity contribution in [3.63, 3.8) is 0 Å². The zero-order chi connectivity index (χ0) is 12.9. The molecular weight excluding hydrogens is 216 g/mol. The first-order valence-corrected chi connectivity index (χ1v) is 5.91. The second kappa shape index (κ2) is 5.82. The van der Waals surface area contributed by atoms with Crippen molar-refractivity contribution in [1.82, 2.24) is 20.8 Å². The fourth-order valence-electron chi connectivity index (χ4n) is 1.45. The van der Waals surface area contributed by atoms with Crippen molar-refractivity contribution in [2.75, 3.05) is 6.54 Å². The first kappa shape index (κ1) is 13.7. The lowest BCUT2D eigenvalue weighted by atomic mass is 10.1. The predicted octanol–water partition coefficient (Wildman–Crippen LogP) is 1.37. The lowest BCUT2D eigenvalue weighted by molar-refractivity contribution is -0.121. The monoisotopic (exact) mass is 238 g/mol. The Balaban J connectivity index is 2.26. The Morgan fingerprint density at radius 1 is 1.53 bits per heavy atom. The Hall–Kier alpha value is -1.36. The molecule has 0 aliphatic rings. The Labute approximate surface area is 102 Å². The van der Waals surface area contributed by atoms with Gasteiger partial charge in [-0.05, 0) is 27.7 Å². The van der Waals surface area contributed by atoms with Gasteiger partial charge >= 0.3 is 0 Å². The number of hydrogen-bond donors (Lipinski definition) is 3. The van der Waals surface area contributed by atoms with Crippen LogP contribution in [0.15, 0.2) is 12.4 Å². The smallest absolute Gasteiger partial charge is 0.221 e. The number of carbonyl (C=O) groups is 1. The summed E-state index contributed by atoms with van der Waals surface area (Å²) in [6, 6.07) is -0.00381. The highest BCUT2D eigenvalue weighted by Gasteiger charge is 2.12. The zero-order valence-corrected chi connectivity index (χ0v) is 11.0. The summed E-state index contributed by atoms with van der Waals surface area (Å²) in [6.45, 7) is 8.88. The molecule has 0 aliphatic heterocycles. The lowest BCUT2D eigenvalue weighted by Crippen LogP contribution is -2.38. The average Bonchev–Trinajstić information content (AvgIpc) is 2.67. The third kappa shape index (κ3) is 5.49. The summed E-state index contributed by atoms with van der Waals surface area (Å²) in [4.78, 5) is 11.7. The number of nitrogens with one attached hydrogen (secondary N) is 3. The molecule has 0 radical (unpaired) electrons. The molecule has 0 fully saturated rings. The van der Waals surface area contributed by atoms with Crippen molar-refractivity contribution in [3.05, 3.63) is 18.0 Å². The van der Waals surface area contributed by atoms with Crippen LogP contribution in [0.1, 0.15) is 45.7 Å². The minimum Gasteiger partial charge on any atom is -0.349 e. The summed E-state index contributed by atoms with van der Waals surface area (Å²) >= 11 is 0. The Morgan fingerprint density at radius 2 is 2.24 bits per heavy atom. The van der Waals surface area contributed by atoms with E-state index < -0.39 is 0 Å². The van der Waals surface area contributed by atoms with Crippen LogP contribution in [-0.2, 0) is 4.79 Å². The Bertz CT molecular complexity index is 340. The molecule has 1 aromatic rings. The number of nitrogens with zero attached hydrogens (tertiary/aromatic N) is 1. The molecule has 1 heterocycles. The molecule has 0 saturated heterocycles. The summed E-state index contributed by atoms with van der Waals surface area (Å²) in [5, 5.41) is 12.8. The molecule has 5 heteroatoms. The van der Waals surface area contributed by atoms with Gasteiger partial charge in [0, 0.05) is 30.3 Å². The maximum atomic E-state index is 11.7. The highest BCUT2D eigenvalue weighted by molar-refractivity contribution is 5.76. The van der Waals surface area contributed by atoms with Crippen LogP contribution in [0, 0.1) is 0 Å². The number of H-pyrrole nitrogens is 1. The van der Waals surface area contributed by atoms with Crippen molar-refractivity contribution < 1.29 is 4.79 Å². The summed E-state index contributed by atoms with van der Waals surface area (Å²) in [7, 11) is 0. The molecule has 1 aromatic heterocycles. The van der Waals surface area contributed by atoms with Gasteiger partial charge in [-0.1, -0.05) is 0 Å². The molecular formula is C12H22N4O. The van der Waals surface area contributed by atoms with Gasteiger partial charge in [-0.25, -0.2) is 0 Å². The van der Waals surface area contributed by atoms with Crippen molar-refractivity contribution in [2.24, 2.45) is 0 Å². The van der Waals surface area contributed by atoms with E-state index in [1.165, 1.54) is 0 Å². The van der Waals surface area contributed by atoms with Crippen molar-refractivity contribution in [2.45, 2.75) is 45.7 Å². The van der Waals surface area contributed by atoms with Crippen LogP contribution >= 0.6 is 0 Å². The Kier molecular flexibility index (Phi) is 4.69. The molecule has 1 unspecified atom stereocenters. The van der Waals surface area contributed by atoms with E-state index in [1.807, 2.05) is 6.92 Å². The molecule has 1 amide bonds. The molecule has 0 spiro atoms. The van der Waals surface area contributed by atoms with Gasteiger partial charge in [-0.3, -0.25) is 9.89 Å². The second-order valence-electron chi connectivity index (χ2n) is 5.25. The summed E-state index contributed by atoms with van der Waals surface area (Å²) < 4.78 is 0. The van der Waals surface area contributed by atoms with Crippen LogP contribution in [0.5, 0.6) is 0 Å². The van der Waals surface area contributed by atoms with Gasteiger partial charge in [0.2, 0.25) is 5.91 Å². The maximum absolute atomic E-state index is 11.7. The van der Waals surface area contributed by atoms with Gasteiger partial charge in [0.25, 0.3) is 0 Å². The lowest BCUT2D eigenvalue weighted by Gasteiger charge is -2.20. The first-order valence-electron chi connectivity index (χ1n) is 5.91. The molecule has 3 N–H and O–H groups in total. The molecule has 1 atom stereocenters. The van der Waals surface area contributed by atoms with Crippen LogP contribution in [0.25, 0.3) is 0 Å². The van der Waals surface area contributed by atoms with Crippen molar-refractivity contribution >= 4 is 5.91 Å². The van der Waals surface area contributed by atoms with E-state index in [0.717, 1.165) is 5.56 Å². The van der Waals surface area contributed by atoms with Crippen LogP contribution in [0.3, 0.4) is 0 Å². The fraction of sp³-hybridized carbons (Fsp3) is 0.667. The highest BCUT2D eigenvalue weighted by atomic mass is 16.1. The van der Waals surface area contributed by atoms with Gasteiger partial charge in [0.05, 0.1) is 12.2 Å². The molecule has 0 aliphatic carbocycles. The molecule has 0 bridgehead atoms. The van der Waals surface area contributed by atoms with Crippen molar-refractivity contribution in [3.8, 4) is 0 Å². The van der Waals surface area contributed by atoms with E-state index in [4.69, 9.17) is 0 Å². The predicted molar refractivity (Wildman–Crippen MR) is 67.5 cm³/mol. The quantitative estimate of drug-likeness (QED) is 0.725. The van der Waals surface area contributed by atoms with Gasteiger partial charge in [-0.2, -0.15) is 5.10 Å². The largest absolute Gasteiger partial charge is 0.349 e. The fourth-order valence-corrected chi connectivity index (χ4v) is 1.45. The van der Waals surface area contributed by atoms with Crippen LogP contribution in [0.4, 0.5) is 0 Å². The molecule has 17 heavy (non-hydrogen) atoms. The Morgan fingerprint density at radius 3 is 2.76 bits per heavy atom. The van der Waals surface area contributed by atoms with E-state index in [2.05, 4.69) is 41.6 Å². The highest BCUT2D eigenvalue weighted by Crippen LogP contribution is 2.08. The third-order valence-electron chi connectivity index (χ3n) is 2.40. The molecule has 0 aromatic carbocycles. The van der Waals surface area contributed by atoms with E-state index in [-0.39, 0.29) is 17.5 Å². The van der Waals surface area contributed by atoms with E-state index >= 15 is 0 Å². The molecule has 0 saturated carbocycles. The van der Waals surface area contributed by atoms with Crippen molar-refractivity contribution in [1.29, 1.82) is 0 Å². The maximum Gasteiger partial charge on any atom is 0.221 e. The number of hydrogen-bond acceptors (Lipinski definition) is 3. The number of amides is 1.